The van der Waals surface area contributed by atoms with Gasteiger partial charge in [-0.1, -0.05) is 135 Å². The lowest BCUT2D eigenvalue weighted by Crippen LogP contribution is -2.16. The first-order valence-corrected chi connectivity index (χ1v) is 18.7. The summed E-state index contributed by atoms with van der Waals surface area (Å²) in [5.41, 5.74) is 16.1. The SMILES string of the molecule is CC1(C)c2ccccc2-c2ccc(N(c3ccc(-c4ccc(-n5c6ccccc6c6ccccc65)cc4)cc3)c3cccc4c3oc3ccccc34)cc21. The number of aromatic nitrogens is 1. The molecule has 3 heteroatoms. The molecule has 256 valence electrons. The minimum absolute atomic E-state index is 0.117. The maximum absolute atomic E-state index is 6.64. The van der Waals surface area contributed by atoms with E-state index in [1.807, 2.05) is 6.07 Å². The molecule has 0 fully saturated rings. The van der Waals surface area contributed by atoms with Crippen molar-refractivity contribution in [2.75, 3.05) is 4.90 Å². The fourth-order valence-electron chi connectivity index (χ4n) is 8.97. The van der Waals surface area contributed by atoms with Crippen molar-refractivity contribution < 1.29 is 4.42 Å². The molecule has 3 nitrogen and oxygen atoms in total. The van der Waals surface area contributed by atoms with Crippen molar-refractivity contribution in [2.24, 2.45) is 0 Å². The molecule has 10 aromatic rings. The number of hydrogen-bond donors (Lipinski definition) is 0. The van der Waals surface area contributed by atoms with Gasteiger partial charge >= 0.3 is 0 Å². The second-order valence-electron chi connectivity index (χ2n) is 15.0. The molecule has 0 aliphatic heterocycles. The number of benzene rings is 8. The van der Waals surface area contributed by atoms with Crippen molar-refractivity contribution >= 4 is 60.8 Å². The maximum Gasteiger partial charge on any atom is 0.159 e. The summed E-state index contributed by atoms with van der Waals surface area (Å²) in [5.74, 6) is 0. The fourth-order valence-corrected chi connectivity index (χ4v) is 8.97. The minimum atomic E-state index is -0.117. The molecule has 1 aliphatic carbocycles. The first-order chi connectivity index (χ1) is 26.5. The third kappa shape index (κ3) is 4.48. The number of anilines is 3. The van der Waals surface area contributed by atoms with E-state index in [0.717, 1.165) is 44.7 Å². The number of nitrogens with zero attached hydrogens (tertiary/aromatic N) is 2. The minimum Gasteiger partial charge on any atom is -0.454 e. The molecule has 11 rings (SSSR count). The van der Waals surface area contributed by atoms with Crippen LogP contribution >= 0.6 is 0 Å². The second-order valence-corrected chi connectivity index (χ2v) is 15.0. The molecule has 0 saturated heterocycles. The highest BCUT2D eigenvalue weighted by Crippen LogP contribution is 2.51. The van der Waals surface area contributed by atoms with E-state index in [9.17, 15) is 0 Å². The van der Waals surface area contributed by atoms with Gasteiger partial charge in [-0.15, -0.1) is 0 Å². The molecule has 0 saturated carbocycles. The Kier molecular flexibility index (Phi) is 6.60. The number of hydrogen-bond acceptors (Lipinski definition) is 2. The highest BCUT2D eigenvalue weighted by molar-refractivity contribution is 6.11. The average Bonchev–Trinajstić information content (AvgIpc) is 3.85. The second kappa shape index (κ2) is 11.6. The Bertz CT molecular complexity index is 3020. The van der Waals surface area contributed by atoms with Crippen LogP contribution in [0.5, 0.6) is 0 Å². The van der Waals surface area contributed by atoms with Crippen molar-refractivity contribution in [1.29, 1.82) is 0 Å². The molecular formula is C51H36N2O. The molecule has 8 aromatic carbocycles. The molecule has 0 amide bonds. The van der Waals surface area contributed by atoms with E-state index < -0.39 is 0 Å². The predicted molar refractivity (Wildman–Crippen MR) is 226 cm³/mol. The first kappa shape index (κ1) is 30.8. The lowest BCUT2D eigenvalue weighted by molar-refractivity contribution is 0.660. The Balaban J connectivity index is 1.02. The van der Waals surface area contributed by atoms with Crippen molar-refractivity contribution in [3.63, 3.8) is 0 Å². The summed E-state index contributed by atoms with van der Waals surface area (Å²) in [6, 6.07) is 65.8. The lowest BCUT2D eigenvalue weighted by Gasteiger charge is -2.28. The van der Waals surface area contributed by atoms with Gasteiger partial charge in [-0.3, -0.25) is 0 Å². The maximum atomic E-state index is 6.64. The zero-order valence-corrected chi connectivity index (χ0v) is 30.1. The van der Waals surface area contributed by atoms with E-state index in [2.05, 4.69) is 199 Å². The molecule has 0 spiro atoms. The van der Waals surface area contributed by atoms with Gasteiger partial charge in [0.25, 0.3) is 0 Å². The molecule has 2 aromatic heterocycles. The third-order valence-electron chi connectivity index (χ3n) is 11.6. The van der Waals surface area contributed by atoms with E-state index in [-0.39, 0.29) is 5.41 Å². The monoisotopic (exact) mass is 692 g/mol. The van der Waals surface area contributed by atoms with Crippen LogP contribution in [0.25, 0.3) is 71.7 Å². The van der Waals surface area contributed by atoms with Gasteiger partial charge in [0.15, 0.2) is 5.58 Å². The van der Waals surface area contributed by atoms with Crippen LogP contribution in [0.15, 0.2) is 186 Å². The molecule has 0 bridgehead atoms. The van der Waals surface area contributed by atoms with Crippen LogP contribution in [0.1, 0.15) is 25.0 Å². The predicted octanol–water partition coefficient (Wildman–Crippen LogP) is 14.1. The summed E-state index contributed by atoms with van der Waals surface area (Å²) in [4.78, 5) is 2.36. The quantitative estimate of drug-likeness (QED) is 0.179. The fraction of sp³-hybridized carbons (Fsp3) is 0.0588. The van der Waals surface area contributed by atoms with Crippen molar-refractivity contribution in [3.05, 3.63) is 193 Å². The summed E-state index contributed by atoms with van der Waals surface area (Å²) in [7, 11) is 0. The zero-order valence-electron chi connectivity index (χ0n) is 30.1. The van der Waals surface area contributed by atoms with Gasteiger partial charge in [-0.2, -0.15) is 0 Å². The summed E-state index contributed by atoms with van der Waals surface area (Å²) >= 11 is 0. The highest BCUT2D eigenvalue weighted by Gasteiger charge is 2.36. The zero-order chi connectivity index (χ0) is 36.0. The normalized spacial score (nSPS) is 13.1. The third-order valence-corrected chi connectivity index (χ3v) is 11.6. The van der Waals surface area contributed by atoms with Crippen LogP contribution in [-0.2, 0) is 5.41 Å². The number of furan rings is 1. The average molecular weight is 693 g/mol. The number of rotatable bonds is 5. The summed E-state index contributed by atoms with van der Waals surface area (Å²) < 4.78 is 9.00. The Morgan fingerprint density at radius 3 is 1.78 bits per heavy atom. The van der Waals surface area contributed by atoms with Gasteiger partial charge in [0, 0.05) is 44.0 Å². The molecule has 0 atom stereocenters. The van der Waals surface area contributed by atoms with Gasteiger partial charge in [-0.05, 0) is 94.0 Å². The van der Waals surface area contributed by atoms with Crippen molar-refractivity contribution in [2.45, 2.75) is 19.3 Å². The summed E-state index contributed by atoms with van der Waals surface area (Å²) in [6.45, 7) is 4.68. The Morgan fingerprint density at radius 1 is 0.463 bits per heavy atom. The Hall–Kier alpha value is -6.84. The lowest BCUT2D eigenvalue weighted by atomic mass is 9.82. The van der Waals surface area contributed by atoms with Crippen LogP contribution in [0.4, 0.5) is 17.1 Å². The van der Waals surface area contributed by atoms with Crippen molar-refractivity contribution in [3.8, 4) is 27.9 Å². The van der Waals surface area contributed by atoms with E-state index in [0.29, 0.717) is 0 Å². The number of para-hydroxylation sites is 4. The van der Waals surface area contributed by atoms with Gasteiger partial charge in [0.2, 0.25) is 0 Å². The van der Waals surface area contributed by atoms with Crippen LogP contribution in [0.2, 0.25) is 0 Å². The van der Waals surface area contributed by atoms with E-state index in [4.69, 9.17) is 4.42 Å². The topological polar surface area (TPSA) is 21.3 Å². The van der Waals surface area contributed by atoms with E-state index in [1.165, 1.54) is 55.2 Å². The highest BCUT2D eigenvalue weighted by atomic mass is 16.3. The Labute approximate surface area is 314 Å². The van der Waals surface area contributed by atoms with Gasteiger partial charge in [0.05, 0.1) is 16.7 Å². The first-order valence-electron chi connectivity index (χ1n) is 18.7. The van der Waals surface area contributed by atoms with Crippen molar-refractivity contribution in [1.82, 2.24) is 4.57 Å². The van der Waals surface area contributed by atoms with Gasteiger partial charge in [-0.25, -0.2) is 0 Å². The smallest absolute Gasteiger partial charge is 0.159 e. The van der Waals surface area contributed by atoms with Crippen LogP contribution in [-0.4, -0.2) is 4.57 Å². The van der Waals surface area contributed by atoms with Crippen LogP contribution in [0.3, 0.4) is 0 Å². The van der Waals surface area contributed by atoms with E-state index in [1.54, 1.807) is 0 Å². The molecule has 54 heavy (non-hydrogen) atoms. The standard InChI is InChI=1S/C51H36N2O/c1-51(2)44-17-7-3-12-38(44)39-31-30-37(32-45(39)51)52(48-20-11-16-43-42-15-6-10-21-49(42)54-50(43)48)35-26-22-33(23-27-35)34-24-28-36(29-25-34)53-46-18-8-4-13-40(46)41-14-5-9-19-47(41)53/h3-32H,1-2H3. The number of fused-ring (bicyclic) bond motifs is 9. The largest absolute Gasteiger partial charge is 0.454 e. The Morgan fingerprint density at radius 2 is 1.04 bits per heavy atom. The van der Waals surface area contributed by atoms with Gasteiger partial charge < -0.3 is 13.9 Å². The molecular weight excluding hydrogens is 657 g/mol. The van der Waals surface area contributed by atoms with Crippen LogP contribution in [0, 0.1) is 0 Å². The molecule has 0 radical (unpaired) electrons. The van der Waals surface area contributed by atoms with Crippen LogP contribution < -0.4 is 4.90 Å². The molecule has 1 aliphatic rings. The molecule has 0 unspecified atom stereocenters. The summed E-state index contributed by atoms with van der Waals surface area (Å²) in [6.07, 6.45) is 0. The van der Waals surface area contributed by atoms with Gasteiger partial charge in [0.1, 0.15) is 5.58 Å². The molecule has 2 heterocycles. The summed E-state index contributed by atoms with van der Waals surface area (Å²) in [5, 5.41) is 4.78. The molecule has 0 N–H and O–H groups in total. The van der Waals surface area contributed by atoms with E-state index >= 15 is 0 Å².